The molecule has 2 atom stereocenters. The number of aryl methyl sites for hydroxylation is 1. The summed E-state index contributed by atoms with van der Waals surface area (Å²) < 4.78 is 14.4. The number of hydrogen-bond donors (Lipinski definition) is 1. The smallest absolute Gasteiger partial charge is 0.250 e. The molecular formula is C29H27BrN2O5. The standard InChI is InChI=1S/C29H27BrN2O5/c1-16-8-23(33)21(15-31-12-17-9-19(14-31)22-4-3-5-26(34)32(22)13-17)29-27(16)28(35)25(37-29)11-18-10-20(30)6-7-24(18)36-2/h3-8,10-11,17,19,33H,9,12-15H2,1-2H3/b25-11-/t17-,19+/m1/s1. The molecule has 3 aliphatic rings. The maximum atomic E-state index is 13.4. The van der Waals surface area contributed by atoms with Crippen molar-refractivity contribution >= 4 is 27.8 Å². The van der Waals surface area contributed by atoms with Gasteiger partial charge in [-0.15, -0.1) is 0 Å². The lowest BCUT2D eigenvalue weighted by Crippen LogP contribution is -2.46. The number of nitrogens with zero attached hydrogens (tertiary/aromatic N) is 2. The Morgan fingerprint density at radius 2 is 2.00 bits per heavy atom. The number of phenols is 1. The van der Waals surface area contributed by atoms with Crippen LogP contribution in [0, 0.1) is 12.8 Å². The molecule has 0 spiro atoms. The van der Waals surface area contributed by atoms with E-state index in [1.807, 2.05) is 41.8 Å². The predicted molar refractivity (Wildman–Crippen MR) is 143 cm³/mol. The van der Waals surface area contributed by atoms with Gasteiger partial charge in [0, 0.05) is 53.9 Å². The summed E-state index contributed by atoms with van der Waals surface area (Å²) in [5.41, 5.74) is 3.63. The first-order valence-electron chi connectivity index (χ1n) is 12.4. The number of Topliss-reactive ketones (excluding diaryl/α,β-unsaturated/α-hetero) is 1. The quantitative estimate of drug-likeness (QED) is 0.457. The Kier molecular flexibility index (Phi) is 5.96. The molecule has 0 aliphatic carbocycles. The third-order valence-electron chi connectivity index (χ3n) is 7.64. The molecule has 2 bridgehead atoms. The number of fused-ring (bicyclic) bond motifs is 5. The topological polar surface area (TPSA) is 81.0 Å². The number of allylic oxidation sites excluding steroid dienone is 1. The van der Waals surface area contributed by atoms with Gasteiger partial charge in [0.2, 0.25) is 5.78 Å². The molecule has 1 fully saturated rings. The Morgan fingerprint density at radius 3 is 2.81 bits per heavy atom. The molecule has 0 radical (unpaired) electrons. The number of ketones is 1. The van der Waals surface area contributed by atoms with Crippen molar-refractivity contribution in [2.75, 3.05) is 20.2 Å². The molecule has 8 heteroatoms. The summed E-state index contributed by atoms with van der Waals surface area (Å²) in [4.78, 5) is 28.1. The maximum absolute atomic E-state index is 13.4. The highest BCUT2D eigenvalue weighted by Gasteiger charge is 2.37. The van der Waals surface area contributed by atoms with Crippen LogP contribution in [-0.2, 0) is 13.1 Å². The average Bonchev–Trinajstić information content (AvgIpc) is 3.19. The molecule has 37 heavy (non-hydrogen) atoms. The number of pyridine rings is 1. The van der Waals surface area contributed by atoms with Gasteiger partial charge in [-0.1, -0.05) is 22.0 Å². The van der Waals surface area contributed by atoms with Gasteiger partial charge in [-0.05, 0) is 61.2 Å². The molecule has 1 N–H and O–H groups in total. The molecule has 3 aliphatic heterocycles. The highest BCUT2D eigenvalue weighted by molar-refractivity contribution is 9.10. The van der Waals surface area contributed by atoms with Crippen LogP contribution in [0.4, 0.5) is 0 Å². The minimum atomic E-state index is -0.209. The fourth-order valence-electron chi connectivity index (χ4n) is 6.04. The Morgan fingerprint density at radius 1 is 1.16 bits per heavy atom. The second-order valence-corrected chi connectivity index (χ2v) is 11.0. The first-order valence-corrected chi connectivity index (χ1v) is 13.2. The summed E-state index contributed by atoms with van der Waals surface area (Å²) in [5, 5.41) is 11.0. The largest absolute Gasteiger partial charge is 0.507 e. The molecule has 1 saturated heterocycles. The third kappa shape index (κ3) is 4.18. The van der Waals surface area contributed by atoms with E-state index >= 15 is 0 Å². The van der Waals surface area contributed by atoms with Gasteiger partial charge < -0.3 is 19.1 Å². The second-order valence-electron chi connectivity index (χ2n) is 10.1. The van der Waals surface area contributed by atoms with Crippen molar-refractivity contribution in [3.8, 4) is 17.2 Å². The monoisotopic (exact) mass is 562 g/mol. The van der Waals surface area contributed by atoms with Crippen LogP contribution in [0.1, 0.15) is 45.1 Å². The second kappa shape index (κ2) is 9.19. The van der Waals surface area contributed by atoms with Crippen molar-refractivity contribution in [3.63, 3.8) is 0 Å². The lowest BCUT2D eigenvalue weighted by Gasteiger charge is -2.43. The van der Waals surface area contributed by atoms with Gasteiger partial charge in [0.15, 0.2) is 5.76 Å². The van der Waals surface area contributed by atoms with Crippen LogP contribution in [0.15, 0.2) is 57.5 Å². The molecule has 0 unspecified atom stereocenters. The van der Waals surface area contributed by atoms with Crippen molar-refractivity contribution < 1.29 is 19.4 Å². The number of piperidine rings is 1. The summed E-state index contributed by atoms with van der Waals surface area (Å²) in [7, 11) is 1.58. The number of phenolic OH excluding ortho intramolecular Hbond substituents is 1. The van der Waals surface area contributed by atoms with Gasteiger partial charge in [-0.2, -0.15) is 0 Å². The number of carbonyl (C=O) groups excluding carboxylic acids is 1. The number of benzene rings is 2. The first kappa shape index (κ1) is 24.0. The van der Waals surface area contributed by atoms with Crippen LogP contribution in [0.3, 0.4) is 0 Å². The summed E-state index contributed by atoms with van der Waals surface area (Å²) in [5.74, 6) is 1.78. The Bertz CT molecular complexity index is 1530. The van der Waals surface area contributed by atoms with E-state index in [-0.39, 0.29) is 28.8 Å². The van der Waals surface area contributed by atoms with Crippen molar-refractivity contribution in [3.05, 3.63) is 91.0 Å². The van der Waals surface area contributed by atoms with Crippen molar-refractivity contribution in [2.45, 2.75) is 32.4 Å². The van der Waals surface area contributed by atoms with Gasteiger partial charge in [-0.3, -0.25) is 14.5 Å². The summed E-state index contributed by atoms with van der Waals surface area (Å²) in [6, 6.07) is 12.7. The number of rotatable bonds is 4. The number of hydrogen-bond acceptors (Lipinski definition) is 6. The molecule has 1 aromatic heterocycles. The van der Waals surface area contributed by atoms with Gasteiger partial charge in [0.1, 0.15) is 17.2 Å². The maximum Gasteiger partial charge on any atom is 0.250 e. The van der Waals surface area contributed by atoms with Crippen molar-refractivity contribution in [2.24, 2.45) is 5.92 Å². The van der Waals surface area contributed by atoms with Gasteiger partial charge >= 0.3 is 0 Å². The predicted octanol–water partition coefficient (Wildman–Crippen LogP) is 4.87. The van der Waals surface area contributed by atoms with Crippen LogP contribution >= 0.6 is 15.9 Å². The Labute approximate surface area is 223 Å². The van der Waals surface area contributed by atoms with E-state index in [0.29, 0.717) is 52.8 Å². The summed E-state index contributed by atoms with van der Waals surface area (Å²) >= 11 is 3.47. The zero-order chi connectivity index (χ0) is 25.8. The van der Waals surface area contributed by atoms with Crippen LogP contribution in [0.25, 0.3) is 6.08 Å². The van der Waals surface area contributed by atoms with Crippen LogP contribution in [-0.4, -0.2) is 40.6 Å². The molecular weight excluding hydrogens is 536 g/mol. The van der Waals surface area contributed by atoms with Crippen molar-refractivity contribution in [1.82, 2.24) is 9.47 Å². The van der Waals surface area contributed by atoms with E-state index < -0.39 is 0 Å². The number of likely N-dealkylation sites (tertiary alicyclic amines) is 1. The average molecular weight is 563 g/mol. The number of ether oxygens (including phenoxy) is 2. The van der Waals surface area contributed by atoms with Crippen LogP contribution < -0.4 is 15.0 Å². The highest BCUT2D eigenvalue weighted by atomic mass is 79.9. The molecule has 7 nitrogen and oxygen atoms in total. The van der Waals surface area contributed by atoms with E-state index in [4.69, 9.17) is 9.47 Å². The molecule has 0 amide bonds. The summed E-state index contributed by atoms with van der Waals surface area (Å²) in [6.07, 6.45) is 2.74. The molecule has 2 aromatic carbocycles. The van der Waals surface area contributed by atoms with Gasteiger partial charge in [0.05, 0.1) is 18.2 Å². The number of methoxy groups -OCH3 is 1. The number of aromatic nitrogens is 1. The Balaban J connectivity index is 1.32. The van der Waals surface area contributed by atoms with Crippen molar-refractivity contribution in [1.29, 1.82) is 0 Å². The molecule has 4 heterocycles. The number of carbonyl (C=O) groups is 1. The van der Waals surface area contributed by atoms with E-state index in [0.717, 1.165) is 29.7 Å². The van der Waals surface area contributed by atoms with Crippen LogP contribution in [0.2, 0.25) is 0 Å². The van der Waals surface area contributed by atoms with Gasteiger partial charge in [0.25, 0.3) is 5.56 Å². The SMILES string of the molecule is COc1ccc(Br)cc1/C=C1\Oc2c(CN3C[C@H]4C[C@@H](C3)c3cccc(=O)n3C4)c(O)cc(C)c2C1=O. The van der Waals surface area contributed by atoms with E-state index in [1.54, 1.807) is 25.3 Å². The molecule has 6 rings (SSSR count). The zero-order valence-electron chi connectivity index (χ0n) is 20.7. The molecule has 190 valence electrons. The molecule has 0 saturated carbocycles. The van der Waals surface area contributed by atoms with E-state index in [1.165, 1.54) is 0 Å². The minimum absolute atomic E-state index is 0.0583. The fourth-order valence-corrected chi connectivity index (χ4v) is 6.42. The normalized spacial score (nSPS) is 21.5. The van der Waals surface area contributed by atoms with E-state index in [9.17, 15) is 14.7 Å². The highest BCUT2D eigenvalue weighted by Crippen LogP contribution is 2.44. The lowest BCUT2D eigenvalue weighted by atomic mass is 9.83. The lowest BCUT2D eigenvalue weighted by molar-refractivity contribution is 0.101. The van der Waals surface area contributed by atoms with E-state index in [2.05, 4.69) is 20.8 Å². The number of aromatic hydroxyl groups is 1. The third-order valence-corrected chi connectivity index (χ3v) is 8.13. The van der Waals surface area contributed by atoms with Crippen LogP contribution in [0.5, 0.6) is 17.2 Å². The first-order chi connectivity index (χ1) is 17.8. The number of halogens is 1. The van der Waals surface area contributed by atoms with Gasteiger partial charge in [-0.25, -0.2) is 0 Å². The Hall–Kier alpha value is -3.36. The summed E-state index contributed by atoms with van der Waals surface area (Å²) in [6.45, 7) is 4.56. The zero-order valence-corrected chi connectivity index (χ0v) is 22.2. The molecule has 3 aromatic rings. The minimum Gasteiger partial charge on any atom is -0.507 e. The fraction of sp³-hybridized carbons (Fsp3) is 0.310.